The number of aromatic nitrogens is 2. The fraction of sp³-hybridized carbons (Fsp3) is 0.396. The zero-order valence-corrected chi connectivity index (χ0v) is 35.4. The highest BCUT2D eigenvalue weighted by atomic mass is 19.3. The molecule has 62 heavy (non-hydrogen) atoms. The highest BCUT2D eigenvalue weighted by molar-refractivity contribution is 5.88. The number of nitrogens with zero attached hydrogens (tertiary/aromatic N) is 3. The van der Waals surface area contributed by atoms with E-state index < -0.39 is 30.3 Å². The van der Waals surface area contributed by atoms with Crippen LogP contribution in [0.3, 0.4) is 0 Å². The first-order valence-electron chi connectivity index (χ1n) is 21.7. The number of methoxy groups -OCH3 is 1. The van der Waals surface area contributed by atoms with Crippen molar-refractivity contribution in [1.29, 1.82) is 0 Å². The highest BCUT2D eigenvalue weighted by Crippen LogP contribution is 2.52. The Morgan fingerprint density at radius 1 is 0.984 bits per heavy atom. The van der Waals surface area contributed by atoms with Gasteiger partial charge in [-0.15, -0.1) is 0 Å². The van der Waals surface area contributed by atoms with Crippen molar-refractivity contribution < 1.29 is 28.2 Å². The van der Waals surface area contributed by atoms with Gasteiger partial charge < -0.3 is 41.8 Å². The van der Waals surface area contributed by atoms with Crippen molar-refractivity contribution in [3.8, 4) is 22.3 Å². The van der Waals surface area contributed by atoms with Crippen molar-refractivity contribution >= 4 is 28.7 Å². The van der Waals surface area contributed by atoms with Gasteiger partial charge in [-0.1, -0.05) is 80.4 Å². The van der Waals surface area contributed by atoms with Crippen LogP contribution in [0.1, 0.15) is 92.9 Å². The van der Waals surface area contributed by atoms with Crippen LogP contribution in [-0.2, 0) is 22.0 Å². The number of nitrogens with two attached hydrogens (primary N) is 2. The Labute approximate surface area is 360 Å². The molecule has 0 radical (unpaired) electrons. The van der Waals surface area contributed by atoms with E-state index in [0.717, 1.165) is 49.7 Å². The van der Waals surface area contributed by atoms with Gasteiger partial charge in [0.1, 0.15) is 18.1 Å². The molecule has 12 nitrogen and oxygen atoms in total. The van der Waals surface area contributed by atoms with E-state index >= 15 is 8.78 Å². The summed E-state index contributed by atoms with van der Waals surface area (Å²) in [6, 6.07) is 23.8. The minimum Gasteiger partial charge on any atom is -0.453 e. The second-order valence-corrected chi connectivity index (χ2v) is 16.8. The molecule has 326 valence electrons. The van der Waals surface area contributed by atoms with E-state index in [9.17, 15) is 14.7 Å². The molecule has 4 aromatic carbocycles. The number of hydrogen-bond acceptors (Lipinski definition) is 9. The molecule has 14 heteroatoms. The molecule has 2 fully saturated rings. The normalized spacial score (nSPS) is 19.4. The molecular weight excluding hydrogens is 791 g/mol. The van der Waals surface area contributed by atoms with Crippen molar-refractivity contribution in [2.24, 2.45) is 11.5 Å². The second kappa shape index (κ2) is 17.9. The first-order valence-corrected chi connectivity index (χ1v) is 21.7. The largest absolute Gasteiger partial charge is 0.453 e. The molecule has 4 unspecified atom stereocenters. The number of H-pyrrole nitrogens is 1. The molecule has 2 aliphatic carbocycles. The molecule has 1 aromatic heterocycles. The summed E-state index contributed by atoms with van der Waals surface area (Å²) in [6.07, 6.45) is 5.77. The van der Waals surface area contributed by atoms with E-state index in [1.54, 1.807) is 18.2 Å². The van der Waals surface area contributed by atoms with E-state index in [1.165, 1.54) is 19.4 Å². The zero-order valence-electron chi connectivity index (χ0n) is 35.4. The van der Waals surface area contributed by atoms with Gasteiger partial charge in [-0.2, -0.15) is 8.78 Å². The van der Waals surface area contributed by atoms with Crippen LogP contribution in [-0.4, -0.2) is 80.9 Å². The zero-order chi connectivity index (χ0) is 43.7. The molecule has 1 aliphatic heterocycles. The number of nitrogens with one attached hydrogen (secondary N) is 3. The van der Waals surface area contributed by atoms with Gasteiger partial charge in [-0.3, -0.25) is 9.69 Å². The number of aliphatic hydroxyl groups excluding tert-OH is 1. The van der Waals surface area contributed by atoms with Gasteiger partial charge >= 0.3 is 6.09 Å². The van der Waals surface area contributed by atoms with Crippen molar-refractivity contribution in [3.05, 3.63) is 119 Å². The number of likely N-dealkylation sites (tertiary alicyclic amines) is 1. The molecule has 5 aromatic rings. The lowest BCUT2D eigenvalue weighted by molar-refractivity contribution is -0.136. The van der Waals surface area contributed by atoms with Crippen LogP contribution in [0.25, 0.3) is 39.0 Å². The lowest BCUT2D eigenvalue weighted by Gasteiger charge is -2.36. The molecule has 1 saturated carbocycles. The van der Waals surface area contributed by atoms with Crippen LogP contribution >= 0.6 is 0 Å². The maximum absolute atomic E-state index is 16.6. The number of aromatic amines is 1. The number of hydrogen-bond donors (Lipinski definition) is 6. The predicted molar refractivity (Wildman–Crippen MR) is 236 cm³/mol. The Balaban J connectivity index is 0.990. The molecule has 0 bridgehead atoms. The van der Waals surface area contributed by atoms with Crippen LogP contribution in [0.2, 0.25) is 0 Å². The van der Waals surface area contributed by atoms with E-state index in [1.807, 2.05) is 84.3 Å². The maximum atomic E-state index is 16.6. The van der Waals surface area contributed by atoms with Gasteiger partial charge in [0.2, 0.25) is 5.91 Å². The minimum absolute atomic E-state index is 0.0268. The van der Waals surface area contributed by atoms with Crippen LogP contribution < -0.4 is 22.1 Å². The van der Waals surface area contributed by atoms with Gasteiger partial charge in [0.05, 0.1) is 36.4 Å². The predicted octanol–water partition coefficient (Wildman–Crippen LogP) is 7.47. The van der Waals surface area contributed by atoms with Gasteiger partial charge in [-0.25, -0.2) is 9.78 Å². The Morgan fingerprint density at radius 2 is 1.68 bits per heavy atom. The number of alkyl halides is 2. The summed E-state index contributed by atoms with van der Waals surface area (Å²) in [7, 11) is 1.27. The quantitative estimate of drug-likeness (QED) is 0.0663. The molecule has 2 heterocycles. The number of alkyl carbamates (subject to hydrolysis) is 1. The molecular formula is C48H56F2N8O4. The lowest BCUT2D eigenvalue weighted by Crippen LogP contribution is -2.52. The van der Waals surface area contributed by atoms with Crippen LogP contribution in [0.4, 0.5) is 13.6 Å². The highest BCUT2D eigenvalue weighted by Gasteiger charge is 2.45. The smallest absolute Gasteiger partial charge is 0.407 e. The molecule has 8 rings (SSSR count). The Kier molecular flexibility index (Phi) is 12.4. The molecule has 3 aliphatic rings. The fourth-order valence-electron chi connectivity index (χ4n) is 9.69. The number of carbonyl (C=O) groups excluding carboxylic acids is 2. The van der Waals surface area contributed by atoms with Crippen molar-refractivity contribution in [2.75, 3.05) is 13.7 Å². The molecule has 2 amide bonds. The topological polar surface area (TPSA) is 175 Å². The van der Waals surface area contributed by atoms with E-state index in [2.05, 4.69) is 15.6 Å². The van der Waals surface area contributed by atoms with Gasteiger partial charge in [-0.05, 0) is 96.7 Å². The van der Waals surface area contributed by atoms with Gasteiger partial charge in [0, 0.05) is 42.0 Å². The monoisotopic (exact) mass is 846 g/mol. The second-order valence-electron chi connectivity index (χ2n) is 16.8. The van der Waals surface area contributed by atoms with Gasteiger partial charge in [0.25, 0.3) is 5.92 Å². The summed E-state index contributed by atoms with van der Waals surface area (Å²) >= 11 is 0. The number of rotatable bonds is 14. The summed E-state index contributed by atoms with van der Waals surface area (Å²) in [5.41, 5.74) is 18.1. The molecule has 1 saturated heterocycles. The van der Waals surface area contributed by atoms with Crippen molar-refractivity contribution in [2.45, 2.75) is 108 Å². The minimum atomic E-state index is -3.28. The van der Waals surface area contributed by atoms with Crippen LogP contribution in [0.5, 0.6) is 0 Å². The SMILES string of the molecule is CCC(NC(=O)OC)C(=O)N(Cc1nc2ccc(-c3ccc4c(c3)C(F)(F)c3cc(/C(=C/N)NC(C)C5CCCN5C(O)[C@H](N)c5ccccc5)ccc3-4)cc2[nH]1)C1CCCC1. The standard InChI is InChI=1S/C48H56F2N8O4/c1-4-38(56-47(61)62-3)45(59)58(33-13-8-9-14-33)27-43-54-39-21-18-31(25-40(39)55-43)30-16-19-34-35-20-17-32(24-37(35)48(49,50)36(34)23-30)41(26-51)53-28(2)42-15-10-22-57(42)46(60)44(52)29-11-6-5-7-12-29/h5-7,11-12,16-21,23-26,28,33,38,42,44,46,53,60H,4,8-10,13-15,22,27,51-52H2,1-3H3,(H,54,55)(H,56,61)/b41-26-/t28?,38?,42?,44-,46?/m1/s1. The summed E-state index contributed by atoms with van der Waals surface area (Å²) in [5.74, 6) is -2.86. The summed E-state index contributed by atoms with van der Waals surface area (Å²) in [6.45, 7) is 4.77. The number of fused-ring (bicyclic) bond motifs is 4. The van der Waals surface area contributed by atoms with Crippen LogP contribution in [0.15, 0.2) is 91.1 Å². The number of carbonyl (C=O) groups is 2. The molecule has 0 spiro atoms. The third-order valence-electron chi connectivity index (χ3n) is 13.0. The number of imidazole rings is 1. The van der Waals surface area contributed by atoms with Gasteiger partial charge in [0.15, 0.2) is 0 Å². The third-order valence-corrected chi connectivity index (χ3v) is 13.0. The van der Waals surface area contributed by atoms with E-state index in [-0.39, 0.29) is 41.7 Å². The summed E-state index contributed by atoms with van der Waals surface area (Å²) < 4.78 is 37.9. The average Bonchev–Trinajstić information content (AvgIpc) is 4.12. The number of halogens is 2. The summed E-state index contributed by atoms with van der Waals surface area (Å²) in [5, 5.41) is 17.5. The van der Waals surface area contributed by atoms with Crippen LogP contribution in [0, 0.1) is 0 Å². The average molecular weight is 847 g/mol. The Hall–Kier alpha value is -5.83. The number of aliphatic hydroxyl groups is 1. The first kappa shape index (κ1) is 42.8. The Bertz CT molecular complexity index is 2450. The van der Waals surface area contributed by atoms with Crippen molar-refractivity contribution in [1.82, 2.24) is 30.4 Å². The lowest BCUT2D eigenvalue weighted by atomic mass is 9.98. The van der Waals surface area contributed by atoms with E-state index in [4.69, 9.17) is 21.2 Å². The number of ether oxygens (including phenoxy) is 1. The Morgan fingerprint density at radius 3 is 2.39 bits per heavy atom. The maximum Gasteiger partial charge on any atom is 0.407 e. The third kappa shape index (κ3) is 8.26. The van der Waals surface area contributed by atoms with E-state index in [0.29, 0.717) is 57.8 Å². The first-order chi connectivity index (χ1) is 29.9. The molecule has 8 N–H and O–H groups in total. The summed E-state index contributed by atoms with van der Waals surface area (Å²) in [4.78, 5) is 37.8. The fourth-order valence-corrected chi connectivity index (χ4v) is 9.69. The number of benzene rings is 4. The number of amides is 2. The molecule has 5 atom stereocenters. The van der Waals surface area contributed by atoms with Crippen molar-refractivity contribution in [3.63, 3.8) is 0 Å².